The Hall–Kier alpha value is -0.580. The lowest BCUT2D eigenvalue weighted by atomic mass is 10.2. The van der Waals surface area contributed by atoms with Gasteiger partial charge in [-0.25, -0.2) is 0 Å². The highest BCUT2D eigenvalue weighted by atomic mass is 35.5. The fourth-order valence-electron chi connectivity index (χ4n) is 0.952. The molecule has 0 bridgehead atoms. The van der Waals surface area contributed by atoms with Crippen molar-refractivity contribution in [1.29, 1.82) is 0 Å². The number of aryl methyl sites for hydroxylation is 1. The summed E-state index contributed by atoms with van der Waals surface area (Å²) in [5.74, 6) is 4.32. The third kappa shape index (κ3) is 3.76. The van der Waals surface area contributed by atoms with Crippen molar-refractivity contribution in [3.63, 3.8) is 0 Å². The molecular weight excluding hydrogens is 210 g/mol. The minimum Gasteiger partial charge on any atom is -0.373 e. The van der Waals surface area contributed by atoms with E-state index in [9.17, 15) is 4.79 Å². The summed E-state index contributed by atoms with van der Waals surface area (Å²) in [6, 6.07) is 3.81. The number of thiophene rings is 1. The van der Waals surface area contributed by atoms with Gasteiger partial charge in [-0.2, -0.15) is 5.90 Å². The molecule has 5 heteroatoms. The second kappa shape index (κ2) is 5.21. The Balaban J connectivity index is 2.24. The normalized spacial score (nSPS) is 10.0. The summed E-state index contributed by atoms with van der Waals surface area (Å²) in [7, 11) is 0. The van der Waals surface area contributed by atoms with Crippen molar-refractivity contribution in [2.24, 2.45) is 5.90 Å². The lowest BCUT2D eigenvalue weighted by Crippen LogP contribution is -2.09. The second-order valence-electron chi connectivity index (χ2n) is 2.55. The molecular formula is C8H10ClNO2S. The van der Waals surface area contributed by atoms with Crippen LogP contribution in [0.2, 0.25) is 4.34 Å². The highest BCUT2D eigenvalue weighted by Gasteiger charge is 2.02. The molecule has 0 saturated carbocycles. The molecule has 0 radical (unpaired) electrons. The Labute approximate surface area is 85.4 Å². The molecule has 0 atom stereocenters. The van der Waals surface area contributed by atoms with Gasteiger partial charge in [-0.1, -0.05) is 11.6 Å². The molecule has 13 heavy (non-hydrogen) atoms. The first kappa shape index (κ1) is 10.5. The van der Waals surface area contributed by atoms with E-state index in [2.05, 4.69) is 10.7 Å². The van der Waals surface area contributed by atoms with Gasteiger partial charge in [-0.15, -0.1) is 11.3 Å². The highest BCUT2D eigenvalue weighted by Crippen LogP contribution is 2.22. The molecule has 1 rings (SSSR count). The van der Waals surface area contributed by atoms with Crippen LogP contribution in [0.25, 0.3) is 0 Å². The van der Waals surface area contributed by atoms with Crippen molar-refractivity contribution < 1.29 is 9.63 Å². The van der Waals surface area contributed by atoms with Gasteiger partial charge in [-0.3, -0.25) is 4.79 Å². The lowest BCUT2D eigenvalue weighted by molar-refractivity contribution is -0.144. The molecule has 0 aliphatic heterocycles. The monoisotopic (exact) mass is 219 g/mol. The van der Waals surface area contributed by atoms with Crippen LogP contribution in [0.15, 0.2) is 12.1 Å². The number of hydrogen-bond acceptors (Lipinski definition) is 4. The van der Waals surface area contributed by atoms with Crippen LogP contribution in [0.5, 0.6) is 0 Å². The molecule has 1 aromatic heterocycles. The molecule has 0 fully saturated rings. The maximum absolute atomic E-state index is 10.6. The number of hydrogen-bond donors (Lipinski definition) is 1. The lowest BCUT2D eigenvalue weighted by Gasteiger charge is -1.96. The average molecular weight is 220 g/mol. The smallest absolute Gasteiger partial charge is 0.324 e. The van der Waals surface area contributed by atoms with Gasteiger partial charge in [0.2, 0.25) is 0 Å². The van der Waals surface area contributed by atoms with Crippen molar-refractivity contribution in [2.45, 2.75) is 19.3 Å². The first-order valence-corrected chi connectivity index (χ1v) is 5.05. The molecule has 0 aromatic carbocycles. The third-order valence-corrected chi connectivity index (χ3v) is 2.86. The Morgan fingerprint density at radius 1 is 1.62 bits per heavy atom. The largest absolute Gasteiger partial charge is 0.373 e. The average Bonchev–Trinajstić information content (AvgIpc) is 2.51. The molecule has 0 spiro atoms. The zero-order valence-electron chi connectivity index (χ0n) is 6.96. The zero-order chi connectivity index (χ0) is 9.68. The Morgan fingerprint density at radius 2 is 2.38 bits per heavy atom. The van der Waals surface area contributed by atoms with Crippen molar-refractivity contribution in [1.82, 2.24) is 0 Å². The van der Waals surface area contributed by atoms with E-state index in [1.807, 2.05) is 12.1 Å². The van der Waals surface area contributed by atoms with Gasteiger partial charge < -0.3 is 4.84 Å². The van der Waals surface area contributed by atoms with Crippen LogP contribution in [0.4, 0.5) is 0 Å². The quantitative estimate of drug-likeness (QED) is 0.790. The van der Waals surface area contributed by atoms with E-state index >= 15 is 0 Å². The van der Waals surface area contributed by atoms with Gasteiger partial charge in [0.1, 0.15) is 0 Å². The number of halogens is 1. The molecule has 0 saturated heterocycles. The number of carbonyl (C=O) groups is 1. The van der Waals surface area contributed by atoms with E-state index in [4.69, 9.17) is 11.6 Å². The van der Waals surface area contributed by atoms with Crippen LogP contribution < -0.4 is 5.90 Å². The van der Waals surface area contributed by atoms with Crippen LogP contribution in [0, 0.1) is 0 Å². The fourth-order valence-corrected chi connectivity index (χ4v) is 2.08. The summed E-state index contributed by atoms with van der Waals surface area (Å²) in [5.41, 5.74) is 0. The minimum atomic E-state index is -0.373. The van der Waals surface area contributed by atoms with Crippen molar-refractivity contribution in [3.8, 4) is 0 Å². The Kier molecular flexibility index (Phi) is 4.21. The third-order valence-electron chi connectivity index (χ3n) is 1.56. The van der Waals surface area contributed by atoms with E-state index in [-0.39, 0.29) is 5.97 Å². The maximum Gasteiger partial charge on any atom is 0.324 e. The van der Waals surface area contributed by atoms with Crippen LogP contribution >= 0.6 is 22.9 Å². The van der Waals surface area contributed by atoms with E-state index < -0.39 is 0 Å². The van der Waals surface area contributed by atoms with Crippen LogP contribution in [-0.2, 0) is 16.1 Å². The standard InChI is InChI=1S/C8H10ClNO2S/c9-7-5-4-6(13-7)2-1-3-8(11)12-10/h4-5H,1-3,10H2. The van der Waals surface area contributed by atoms with Crippen LogP contribution in [0.1, 0.15) is 17.7 Å². The topological polar surface area (TPSA) is 52.3 Å². The predicted octanol–water partition coefficient (Wildman–Crippen LogP) is 2.14. The summed E-state index contributed by atoms with van der Waals surface area (Å²) in [5, 5.41) is 0. The molecule has 0 amide bonds. The molecule has 3 nitrogen and oxygen atoms in total. The van der Waals surface area contributed by atoms with Gasteiger partial charge in [0.25, 0.3) is 0 Å². The number of carbonyl (C=O) groups excluding carboxylic acids is 1. The molecule has 0 unspecified atom stereocenters. The summed E-state index contributed by atoms with van der Waals surface area (Å²) in [6.07, 6.45) is 1.94. The van der Waals surface area contributed by atoms with Crippen molar-refractivity contribution >= 4 is 28.9 Å². The van der Waals surface area contributed by atoms with Crippen LogP contribution in [0.3, 0.4) is 0 Å². The molecule has 72 valence electrons. The summed E-state index contributed by atoms with van der Waals surface area (Å²) >= 11 is 7.27. The van der Waals surface area contributed by atoms with Crippen molar-refractivity contribution in [3.05, 3.63) is 21.3 Å². The van der Waals surface area contributed by atoms with E-state index in [1.54, 1.807) is 0 Å². The predicted molar refractivity (Wildman–Crippen MR) is 52.5 cm³/mol. The summed E-state index contributed by atoms with van der Waals surface area (Å²) < 4.78 is 0.774. The van der Waals surface area contributed by atoms with Gasteiger partial charge in [0, 0.05) is 11.3 Å². The fraction of sp³-hybridized carbons (Fsp3) is 0.375. The maximum atomic E-state index is 10.6. The molecule has 1 aromatic rings. The molecule has 0 aliphatic rings. The second-order valence-corrected chi connectivity index (χ2v) is 4.35. The van der Waals surface area contributed by atoms with E-state index in [1.165, 1.54) is 16.2 Å². The summed E-state index contributed by atoms with van der Waals surface area (Å²) in [6.45, 7) is 0. The van der Waals surface area contributed by atoms with Crippen molar-refractivity contribution in [2.75, 3.05) is 0 Å². The Morgan fingerprint density at radius 3 is 2.92 bits per heavy atom. The first-order valence-electron chi connectivity index (χ1n) is 3.86. The summed E-state index contributed by atoms with van der Waals surface area (Å²) in [4.78, 5) is 15.8. The SMILES string of the molecule is NOC(=O)CCCc1ccc(Cl)s1. The van der Waals surface area contributed by atoms with Gasteiger partial charge in [-0.05, 0) is 25.0 Å². The van der Waals surface area contributed by atoms with Gasteiger partial charge >= 0.3 is 5.97 Å². The number of rotatable bonds is 4. The minimum absolute atomic E-state index is 0.353. The Bertz CT molecular complexity index is 287. The van der Waals surface area contributed by atoms with Gasteiger partial charge in [0.15, 0.2) is 0 Å². The zero-order valence-corrected chi connectivity index (χ0v) is 8.53. The van der Waals surface area contributed by atoms with E-state index in [0.29, 0.717) is 6.42 Å². The highest BCUT2D eigenvalue weighted by molar-refractivity contribution is 7.16. The molecule has 2 N–H and O–H groups in total. The number of nitrogens with two attached hydrogens (primary N) is 1. The first-order chi connectivity index (χ1) is 6.22. The van der Waals surface area contributed by atoms with Crippen LogP contribution in [-0.4, -0.2) is 5.97 Å². The molecule has 1 heterocycles. The van der Waals surface area contributed by atoms with E-state index in [0.717, 1.165) is 17.2 Å². The molecule has 0 aliphatic carbocycles. The van der Waals surface area contributed by atoms with Gasteiger partial charge in [0.05, 0.1) is 4.34 Å².